The van der Waals surface area contributed by atoms with Crippen LogP contribution in [-0.2, 0) is 11.3 Å². The maximum absolute atomic E-state index is 14.3. The van der Waals surface area contributed by atoms with Gasteiger partial charge in [0.2, 0.25) is 0 Å². The number of hydrogen-bond donors (Lipinski definition) is 0. The van der Waals surface area contributed by atoms with Crippen LogP contribution >= 0.6 is 0 Å². The summed E-state index contributed by atoms with van der Waals surface area (Å²) < 4.78 is 33.8. The molecule has 0 saturated heterocycles. The lowest BCUT2D eigenvalue weighted by molar-refractivity contribution is 0.128. The van der Waals surface area contributed by atoms with Gasteiger partial charge < -0.3 is 4.74 Å². The molecule has 2 saturated carbocycles. The summed E-state index contributed by atoms with van der Waals surface area (Å²) >= 11 is 0. The van der Waals surface area contributed by atoms with E-state index in [9.17, 15) is 8.78 Å². The lowest BCUT2D eigenvalue weighted by atomic mass is 9.68. The monoisotopic (exact) mass is 376 g/mol. The van der Waals surface area contributed by atoms with Gasteiger partial charge in [0, 0.05) is 12.2 Å². The van der Waals surface area contributed by atoms with E-state index in [1.54, 1.807) is 12.1 Å². The molecule has 150 valence electrons. The normalized spacial score (nSPS) is 29.3. The third kappa shape index (κ3) is 5.19. The molecule has 0 radical (unpaired) electrons. The molecule has 1 nitrogen and oxygen atoms in total. The van der Waals surface area contributed by atoms with Gasteiger partial charge in [-0.1, -0.05) is 12.2 Å². The molecule has 3 heteroatoms. The summed E-state index contributed by atoms with van der Waals surface area (Å²) in [6, 6.07) is 3.09. The fourth-order valence-corrected chi connectivity index (χ4v) is 5.21. The van der Waals surface area contributed by atoms with E-state index in [1.165, 1.54) is 38.5 Å². The van der Waals surface area contributed by atoms with Crippen LogP contribution in [0.15, 0.2) is 24.3 Å². The number of halogens is 2. The molecule has 3 rings (SSSR count). The average molecular weight is 377 g/mol. The van der Waals surface area contributed by atoms with E-state index in [-0.39, 0.29) is 12.2 Å². The van der Waals surface area contributed by atoms with Crippen molar-refractivity contribution in [1.29, 1.82) is 0 Å². The van der Waals surface area contributed by atoms with Crippen molar-refractivity contribution in [3.8, 4) is 0 Å². The highest BCUT2D eigenvalue weighted by Crippen LogP contribution is 2.44. The zero-order valence-electron chi connectivity index (χ0n) is 16.9. The third-order valence-electron chi connectivity index (χ3n) is 6.80. The molecule has 0 atom stereocenters. The molecular formula is C24H34F2O. The molecule has 0 aromatic heterocycles. The molecule has 0 bridgehead atoms. The summed E-state index contributed by atoms with van der Waals surface area (Å²) in [6.07, 6.45) is 14.4. The number of allylic oxidation sites excluding steroid dienone is 2. The van der Waals surface area contributed by atoms with Crippen molar-refractivity contribution in [2.45, 2.75) is 77.7 Å². The van der Waals surface area contributed by atoms with Crippen molar-refractivity contribution in [3.05, 3.63) is 47.0 Å². The standard InChI is InChI=1S/C24H34F2O/c1-3-5-17-6-8-18(9-7-17)19-10-12-20(13-11-19)21-14-23(25)22(16-27-4-2)24(26)15-21/h3,5,14-15,17-20H,4,6-13,16H2,1-2H3/b5-3+/t17-,18-,19?,20?. The Kier molecular flexibility index (Phi) is 7.46. The van der Waals surface area contributed by atoms with Crippen LogP contribution < -0.4 is 0 Å². The Hall–Kier alpha value is -1.22. The second-order valence-corrected chi connectivity index (χ2v) is 8.41. The number of benzene rings is 1. The molecule has 2 fully saturated rings. The minimum atomic E-state index is -0.456. The predicted octanol–water partition coefficient (Wildman–Crippen LogP) is 7.16. The van der Waals surface area contributed by atoms with E-state index < -0.39 is 11.6 Å². The van der Waals surface area contributed by atoms with Crippen LogP contribution in [0, 0.1) is 29.4 Å². The SMILES string of the molecule is C/C=C/[C@H]1CC[C@H](C2CCC(c3cc(F)c(COCC)c(F)c3)CC2)CC1. The van der Waals surface area contributed by atoms with Gasteiger partial charge in [0.25, 0.3) is 0 Å². The van der Waals surface area contributed by atoms with Crippen molar-refractivity contribution in [2.75, 3.05) is 6.61 Å². The van der Waals surface area contributed by atoms with Gasteiger partial charge in [0.05, 0.1) is 6.61 Å². The largest absolute Gasteiger partial charge is 0.377 e. The van der Waals surface area contributed by atoms with Crippen LogP contribution in [0.4, 0.5) is 8.78 Å². The number of rotatable bonds is 6. The van der Waals surface area contributed by atoms with Gasteiger partial charge >= 0.3 is 0 Å². The average Bonchev–Trinajstić information content (AvgIpc) is 2.68. The molecule has 27 heavy (non-hydrogen) atoms. The minimum Gasteiger partial charge on any atom is -0.377 e. The van der Waals surface area contributed by atoms with Crippen molar-refractivity contribution < 1.29 is 13.5 Å². The molecule has 0 spiro atoms. The second kappa shape index (κ2) is 9.82. The summed E-state index contributed by atoms with van der Waals surface area (Å²) in [4.78, 5) is 0. The first kappa shape index (κ1) is 20.5. The Morgan fingerprint density at radius 1 is 0.926 bits per heavy atom. The van der Waals surface area contributed by atoms with E-state index in [4.69, 9.17) is 4.74 Å². The molecule has 2 aliphatic rings. The van der Waals surface area contributed by atoms with Crippen LogP contribution in [0.3, 0.4) is 0 Å². The highest BCUT2D eigenvalue weighted by Gasteiger charge is 2.31. The third-order valence-corrected chi connectivity index (χ3v) is 6.80. The van der Waals surface area contributed by atoms with Gasteiger partial charge in [-0.15, -0.1) is 0 Å². The fraction of sp³-hybridized carbons (Fsp3) is 0.667. The van der Waals surface area contributed by atoms with Gasteiger partial charge in [-0.05, 0) is 107 Å². The lowest BCUT2D eigenvalue weighted by Gasteiger charge is -2.37. The summed E-state index contributed by atoms with van der Waals surface area (Å²) in [5, 5.41) is 0. The Bertz CT molecular complexity index is 600. The molecule has 1 aromatic rings. The van der Waals surface area contributed by atoms with Gasteiger partial charge in [0.15, 0.2) is 0 Å². The minimum absolute atomic E-state index is 0.0110. The number of hydrogen-bond acceptors (Lipinski definition) is 1. The zero-order chi connectivity index (χ0) is 19.2. The van der Waals surface area contributed by atoms with E-state index in [0.717, 1.165) is 36.2 Å². The molecule has 0 aliphatic heterocycles. The molecule has 0 heterocycles. The highest BCUT2D eigenvalue weighted by atomic mass is 19.1. The fourth-order valence-electron chi connectivity index (χ4n) is 5.21. The zero-order valence-corrected chi connectivity index (χ0v) is 16.9. The first-order chi connectivity index (χ1) is 13.1. The Labute approximate surface area is 163 Å². The van der Waals surface area contributed by atoms with Gasteiger partial charge in [-0.2, -0.15) is 0 Å². The van der Waals surface area contributed by atoms with Gasteiger partial charge in [0.1, 0.15) is 11.6 Å². The summed E-state index contributed by atoms with van der Waals surface area (Å²) in [5.41, 5.74) is 0.896. The molecule has 0 N–H and O–H groups in total. The molecule has 0 amide bonds. The van der Waals surface area contributed by atoms with Crippen molar-refractivity contribution in [2.24, 2.45) is 17.8 Å². The van der Waals surface area contributed by atoms with Gasteiger partial charge in [-0.25, -0.2) is 8.78 Å². The topological polar surface area (TPSA) is 9.23 Å². The van der Waals surface area contributed by atoms with E-state index in [2.05, 4.69) is 19.1 Å². The first-order valence-corrected chi connectivity index (χ1v) is 10.8. The highest BCUT2D eigenvalue weighted by molar-refractivity contribution is 5.28. The lowest BCUT2D eigenvalue weighted by Crippen LogP contribution is -2.25. The maximum Gasteiger partial charge on any atom is 0.131 e. The van der Waals surface area contributed by atoms with Crippen LogP contribution in [-0.4, -0.2) is 6.61 Å². The van der Waals surface area contributed by atoms with E-state index >= 15 is 0 Å². The molecule has 1 aromatic carbocycles. The van der Waals surface area contributed by atoms with Crippen LogP contribution in [0.5, 0.6) is 0 Å². The summed E-state index contributed by atoms with van der Waals surface area (Å²) in [7, 11) is 0. The summed E-state index contributed by atoms with van der Waals surface area (Å²) in [5.74, 6) is 1.83. The quantitative estimate of drug-likeness (QED) is 0.479. The Morgan fingerprint density at radius 3 is 2.00 bits per heavy atom. The number of ether oxygens (including phenoxy) is 1. The van der Waals surface area contributed by atoms with Crippen LogP contribution in [0.25, 0.3) is 0 Å². The van der Waals surface area contributed by atoms with Gasteiger partial charge in [-0.3, -0.25) is 0 Å². The maximum atomic E-state index is 14.3. The van der Waals surface area contributed by atoms with Crippen LogP contribution in [0.2, 0.25) is 0 Å². The van der Waals surface area contributed by atoms with E-state index in [0.29, 0.717) is 12.5 Å². The van der Waals surface area contributed by atoms with Crippen LogP contribution in [0.1, 0.15) is 82.3 Å². The van der Waals surface area contributed by atoms with Crippen molar-refractivity contribution in [1.82, 2.24) is 0 Å². The van der Waals surface area contributed by atoms with Crippen molar-refractivity contribution in [3.63, 3.8) is 0 Å². The second-order valence-electron chi connectivity index (χ2n) is 8.41. The Balaban J connectivity index is 1.55. The van der Waals surface area contributed by atoms with Crippen molar-refractivity contribution >= 4 is 0 Å². The molecular weight excluding hydrogens is 342 g/mol. The van der Waals surface area contributed by atoms with E-state index in [1.807, 2.05) is 6.92 Å². The predicted molar refractivity (Wildman–Crippen MR) is 107 cm³/mol. The molecule has 0 unspecified atom stereocenters. The molecule has 2 aliphatic carbocycles. The summed E-state index contributed by atoms with van der Waals surface area (Å²) in [6.45, 7) is 4.41. The first-order valence-electron chi connectivity index (χ1n) is 10.8. The Morgan fingerprint density at radius 2 is 1.48 bits per heavy atom. The smallest absolute Gasteiger partial charge is 0.131 e.